The van der Waals surface area contributed by atoms with Gasteiger partial charge < -0.3 is 9.84 Å². The second-order valence-corrected chi connectivity index (χ2v) is 4.07. The summed E-state index contributed by atoms with van der Waals surface area (Å²) in [5.74, 6) is 0.631. The Morgan fingerprint density at radius 1 is 1.28 bits per heavy atom. The Kier molecular flexibility index (Phi) is 4.31. The number of unbranched alkanes of at least 4 members (excludes halogenated alkanes) is 1. The van der Waals surface area contributed by atoms with Gasteiger partial charge in [0.05, 0.1) is 13.2 Å². The average Bonchev–Trinajstić information content (AvgIpc) is 2.43. The van der Waals surface area contributed by atoms with E-state index in [4.69, 9.17) is 4.74 Å². The molecule has 0 aliphatic heterocycles. The van der Waals surface area contributed by atoms with E-state index >= 15 is 0 Å². The molecule has 0 saturated carbocycles. The van der Waals surface area contributed by atoms with Crippen molar-refractivity contribution < 1.29 is 9.84 Å². The van der Waals surface area contributed by atoms with Gasteiger partial charge in [-0.15, -0.1) is 6.58 Å². The normalized spacial score (nSPS) is 10.5. The fourth-order valence-corrected chi connectivity index (χ4v) is 1.86. The van der Waals surface area contributed by atoms with Crippen LogP contribution in [0.25, 0.3) is 10.8 Å². The second-order valence-electron chi connectivity index (χ2n) is 4.07. The van der Waals surface area contributed by atoms with Gasteiger partial charge in [0.25, 0.3) is 0 Å². The standard InChI is InChI=1S/C15H17NO2/c1-2-3-6-9-18-15-14-8-5-4-7-13(14)12(11-17)10-16-15/h2,4-5,7-8,10,17H,1,3,6,9,11H2. The molecule has 2 aromatic rings. The summed E-state index contributed by atoms with van der Waals surface area (Å²) in [6, 6.07) is 7.83. The monoisotopic (exact) mass is 243 g/mol. The molecule has 0 fully saturated rings. The minimum atomic E-state index is -0.00967. The Hall–Kier alpha value is -1.87. The van der Waals surface area contributed by atoms with Crippen molar-refractivity contribution in [2.45, 2.75) is 19.4 Å². The number of hydrogen-bond donors (Lipinski definition) is 1. The van der Waals surface area contributed by atoms with Gasteiger partial charge in [-0.1, -0.05) is 24.3 Å². The van der Waals surface area contributed by atoms with Gasteiger partial charge in [0.15, 0.2) is 0 Å². The van der Waals surface area contributed by atoms with E-state index in [1.165, 1.54) is 0 Å². The van der Waals surface area contributed by atoms with Gasteiger partial charge in [-0.25, -0.2) is 4.98 Å². The molecular weight excluding hydrogens is 226 g/mol. The molecule has 3 nitrogen and oxygen atoms in total. The topological polar surface area (TPSA) is 42.4 Å². The second kappa shape index (κ2) is 6.17. The number of nitrogens with zero attached hydrogens (tertiary/aromatic N) is 1. The van der Waals surface area contributed by atoms with Crippen molar-refractivity contribution in [2.75, 3.05) is 6.61 Å². The van der Waals surface area contributed by atoms with Gasteiger partial charge in [0.1, 0.15) is 0 Å². The lowest BCUT2D eigenvalue weighted by Crippen LogP contribution is -2.00. The van der Waals surface area contributed by atoms with Gasteiger partial charge in [-0.3, -0.25) is 0 Å². The molecule has 1 aromatic heterocycles. The minimum absolute atomic E-state index is 0.00967. The van der Waals surface area contributed by atoms with Crippen molar-refractivity contribution in [1.29, 1.82) is 0 Å². The third-order valence-electron chi connectivity index (χ3n) is 2.80. The summed E-state index contributed by atoms with van der Waals surface area (Å²) in [5, 5.41) is 11.2. The molecule has 2 rings (SSSR count). The molecule has 18 heavy (non-hydrogen) atoms. The number of pyridine rings is 1. The number of aromatic nitrogens is 1. The highest BCUT2D eigenvalue weighted by Crippen LogP contribution is 2.26. The first-order valence-electron chi connectivity index (χ1n) is 6.08. The van der Waals surface area contributed by atoms with Crippen LogP contribution >= 0.6 is 0 Å². The molecular formula is C15H17NO2. The van der Waals surface area contributed by atoms with Crippen LogP contribution in [0, 0.1) is 0 Å². The molecule has 0 atom stereocenters. The molecule has 0 bridgehead atoms. The van der Waals surface area contributed by atoms with E-state index in [-0.39, 0.29) is 6.61 Å². The van der Waals surface area contributed by atoms with Gasteiger partial charge >= 0.3 is 0 Å². The maximum atomic E-state index is 9.28. The highest BCUT2D eigenvalue weighted by molar-refractivity contribution is 5.89. The van der Waals surface area contributed by atoms with Gasteiger partial charge in [0.2, 0.25) is 5.88 Å². The maximum Gasteiger partial charge on any atom is 0.221 e. The molecule has 0 unspecified atom stereocenters. The summed E-state index contributed by atoms with van der Waals surface area (Å²) in [6.07, 6.45) is 5.42. The molecule has 0 aliphatic carbocycles. The maximum absolute atomic E-state index is 9.28. The molecule has 0 amide bonds. The van der Waals surface area contributed by atoms with Crippen LogP contribution in [-0.2, 0) is 6.61 Å². The number of rotatable bonds is 6. The minimum Gasteiger partial charge on any atom is -0.477 e. The molecule has 3 heteroatoms. The third-order valence-corrected chi connectivity index (χ3v) is 2.80. The van der Waals surface area contributed by atoms with Gasteiger partial charge in [0, 0.05) is 17.1 Å². The first-order valence-corrected chi connectivity index (χ1v) is 6.08. The van der Waals surface area contributed by atoms with Crippen molar-refractivity contribution in [3.05, 3.63) is 48.7 Å². The van der Waals surface area contributed by atoms with Crippen LogP contribution in [0.5, 0.6) is 5.88 Å². The first-order chi connectivity index (χ1) is 8.86. The van der Waals surface area contributed by atoms with E-state index < -0.39 is 0 Å². The molecule has 0 radical (unpaired) electrons. The average molecular weight is 243 g/mol. The Balaban J connectivity index is 2.25. The summed E-state index contributed by atoms with van der Waals surface area (Å²) < 4.78 is 5.68. The lowest BCUT2D eigenvalue weighted by Gasteiger charge is -2.10. The Morgan fingerprint density at radius 2 is 2.06 bits per heavy atom. The van der Waals surface area contributed by atoms with Crippen molar-refractivity contribution >= 4 is 10.8 Å². The van der Waals surface area contributed by atoms with Crippen LogP contribution < -0.4 is 4.74 Å². The fourth-order valence-electron chi connectivity index (χ4n) is 1.86. The number of aliphatic hydroxyl groups is 1. The van der Waals surface area contributed by atoms with E-state index in [1.54, 1.807) is 6.20 Å². The van der Waals surface area contributed by atoms with E-state index in [9.17, 15) is 5.11 Å². The summed E-state index contributed by atoms with van der Waals surface area (Å²) in [6.45, 7) is 4.30. The molecule has 94 valence electrons. The SMILES string of the molecule is C=CCCCOc1ncc(CO)c2ccccc12. The third kappa shape index (κ3) is 2.68. The fraction of sp³-hybridized carbons (Fsp3) is 0.267. The summed E-state index contributed by atoms with van der Waals surface area (Å²) in [4.78, 5) is 4.27. The summed E-state index contributed by atoms with van der Waals surface area (Å²) in [7, 11) is 0. The highest BCUT2D eigenvalue weighted by atomic mass is 16.5. The zero-order valence-electron chi connectivity index (χ0n) is 10.3. The van der Waals surface area contributed by atoms with Gasteiger partial charge in [-0.2, -0.15) is 0 Å². The zero-order valence-corrected chi connectivity index (χ0v) is 10.3. The zero-order chi connectivity index (χ0) is 12.8. The van der Waals surface area contributed by atoms with E-state index in [1.807, 2.05) is 30.3 Å². The quantitative estimate of drug-likeness (QED) is 0.626. The molecule has 1 N–H and O–H groups in total. The van der Waals surface area contributed by atoms with E-state index in [0.29, 0.717) is 12.5 Å². The van der Waals surface area contributed by atoms with Crippen molar-refractivity contribution in [2.24, 2.45) is 0 Å². The highest BCUT2D eigenvalue weighted by Gasteiger charge is 2.07. The predicted molar refractivity (Wildman–Crippen MR) is 72.6 cm³/mol. The lowest BCUT2D eigenvalue weighted by molar-refractivity contribution is 0.281. The Labute approximate surface area is 107 Å². The largest absolute Gasteiger partial charge is 0.477 e. The van der Waals surface area contributed by atoms with Crippen molar-refractivity contribution in [1.82, 2.24) is 4.98 Å². The van der Waals surface area contributed by atoms with E-state index in [2.05, 4.69) is 11.6 Å². The van der Waals surface area contributed by atoms with Crippen LogP contribution in [0.15, 0.2) is 43.1 Å². The first kappa shape index (κ1) is 12.6. The van der Waals surface area contributed by atoms with Crippen LogP contribution in [-0.4, -0.2) is 16.7 Å². The predicted octanol–water partition coefficient (Wildman–Crippen LogP) is 3.07. The van der Waals surface area contributed by atoms with Crippen LogP contribution in [0.4, 0.5) is 0 Å². The molecule has 0 saturated heterocycles. The van der Waals surface area contributed by atoms with Crippen LogP contribution in [0.1, 0.15) is 18.4 Å². The number of hydrogen-bond acceptors (Lipinski definition) is 3. The van der Waals surface area contributed by atoms with Crippen molar-refractivity contribution in [3.63, 3.8) is 0 Å². The molecule has 1 heterocycles. The number of fused-ring (bicyclic) bond motifs is 1. The number of ether oxygens (including phenoxy) is 1. The molecule has 0 aliphatic rings. The summed E-state index contributed by atoms with van der Waals surface area (Å²) >= 11 is 0. The molecule has 0 spiro atoms. The van der Waals surface area contributed by atoms with Crippen LogP contribution in [0.2, 0.25) is 0 Å². The van der Waals surface area contributed by atoms with Gasteiger partial charge in [-0.05, 0) is 24.3 Å². The smallest absolute Gasteiger partial charge is 0.221 e. The lowest BCUT2D eigenvalue weighted by atomic mass is 10.1. The number of allylic oxidation sites excluding steroid dienone is 1. The van der Waals surface area contributed by atoms with Crippen molar-refractivity contribution in [3.8, 4) is 5.88 Å². The summed E-state index contributed by atoms with van der Waals surface area (Å²) in [5.41, 5.74) is 0.823. The van der Waals surface area contributed by atoms with Crippen LogP contribution in [0.3, 0.4) is 0 Å². The number of aliphatic hydroxyl groups excluding tert-OH is 1. The Bertz CT molecular complexity index is 537. The van der Waals surface area contributed by atoms with E-state index in [0.717, 1.165) is 29.2 Å². The number of benzene rings is 1. The Morgan fingerprint density at radius 3 is 2.78 bits per heavy atom. The molecule has 1 aromatic carbocycles.